The second-order valence-corrected chi connectivity index (χ2v) is 10.7. The van der Waals surface area contributed by atoms with Crippen molar-refractivity contribution in [2.45, 2.75) is 0 Å². The third-order valence-corrected chi connectivity index (χ3v) is 9.31. The summed E-state index contributed by atoms with van der Waals surface area (Å²) in [6, 6.07) is 38.2. The monoisotopic (exact) mass is 452 g/mol. The van der Waals surface area contributed by atoms with E-state index in [9.17, 15) is 14.7 Å². The first kappa shape index (κ1) is 22.2. The highest BCUT2D eigenvalue weighted by atomic mass is 31.2. The molecule has 0 radical (unpaired) electrons. The van der Waals surface area contributed by atoms with E-state index in [-0.39, 0.29) is 5.70 Å². The van der Waals surface area contributed by atoms with Gasteiger partial charge >= 0.3 is 5.97 Å². The van der Waals surface area contributed by atoms with E-state index < -0.39 is 19.1 Å². The molecule has 1 amide bonds. The molecule has 4 rings (SSSR count). The van der Waals surface area contributed by atoms with Crippen molar-refractivity contribution < 1.29 is 14.7 Å². The summed E-state index contributed by atoms with van der Waals surface area (Å²) in [5.74, 6) is 0.0962. The average Bonchev–Trinajstić information content (AvgIpc) is 2.88. The van der Waals surface area contributed by atoms with Crippen LogP contribution in [0, 0.1) is 0 Å². The molecule has 33 heavy (non-hydrogen) atoms. The van der Waals surface area contributed by atoms with E-state index in [1.165, 1.54) is 0 Å². The number of aliphatic carboxylic acids is 1. The number of carboxylic acids is 1. The van der Waals surface area contributed by atoms with Crippen LogP contribution in [0.5, 0.6) is 0 Å². The van der Waals surface area contributed by atoms with Crippen molar-refractivity contribution in [2.75, 3.05) is 0 Å². The zero-order valence-corrected chi connectivity index (χ0v) is 18.7. The number of benzene rings is 4. The molecule has 5 heteroatoms. The number of hydrogen-bond acceptors (Lipinski definition) is 2. The first-order valence-corrected chi connectivity index (χ1v) is 12.4. The normalized spacial score (nSPS) is 11.6. The summed E-state index contributed by atoms with van der Waals surface area (Å²) in [6.45, 7) is 0. The van der Waals surface area contributed by atoms with E-state index >= 15 is 0 Å². The fourth-order valence-electron chi connectivity index (χ4n) is 3.78. The second kappa shape index (κ2) is 10.1. The maximum absolute atomic E-state index is 12.9. The third-order valence-electron chi connectivity index (χ3n) is 5.33. The highest BCUT2D eigenvalue weighted by molar-refractivity contribution is 7.98. The molecule has 0 saturated carbocycles. The Kier molecular flexibility index (Phi) is 6.77. The minimum atomic E-state index is -2.57. The number of nitrogens with one attached hydrogen (secondary N) is 1. The van der Waals surface area contributed by atoms with Crippen LogP contribution < -0.4 is 21.2 Å². The molecule has 0 unspecified atom stereocenters. The van der Waals surface area contributed by atoms with Crippen LogP contribution >= 0.6 is 7.26 Å². The molecule has 4 aromatic carbocycles. The van der Waals surface area contributed by atoms with Gasteiger partial charge in [-0.3, -0.25) is 4.79 Å². The second-order valence-electron chi connectivity index (χ2n) is 7.40. The van der Waals surface area contributed by atoms with Crippen molar-refractivity contribution in [1.29, 1.82) is 0 Å². The standard InChI is InChI=1S/C28H22NO3P/c30-27(22-13-5-1-6-14-22)29-26(28(31)32)21-33(23-15-7-2-8-16-23,24-17-9-3-10-18-24)25-19-11-4-12-20-25/h1-21H,(H-,29,30,31,32)/p+1/b26-21+. The Bertz CT molecular complexity index is 1160. The van der Waals surface area contributed by atoms with Gasteiger partial charge in [0, 0.05) is 5.56 Å². The van der Waals surface area contributed by atoms with E-state index in [1.807, 2.05) is 97.1 Å². The molecule has 0 bridgehead atoms. The summed E-state index contributed by atoms with van der Waals surface area (Å²) in [6.07, 6.45) is 0. The van der Waals surface area contributed by atoms with E-state index in [4.69, 9.17) is 0 Å². The van der Waals surface area contributed by atoms with E-state index in [0.717, 1.165) is 15.9 Å². The summed E-state index contributed by atoms with van der Waals surface area (Å²) in [5.41, 5.74) is 0.251. The molecule has 162 valence electrons. The zero-order valence-electron chi connectivity index (χ0n) is 17.8. The SMILES string of the molecule is O=C(O)/C(=C\[P+](c1ccccc1)(c1ccccc1)c1ccccc1)NC(=O)c1ccccc1. The summed E-state index contributed by atoms with van der Waals surface area (Å²) >= 11 is 0. The molecule has 4 nitrogen and oxygen atoms in total. The Labute approximate surface area is 193 Å². The predicted octanol–water partition coefficient (Wildman–Crippen LogP) is 4.34. The molecule has 4 aromatic rings. The van der Waals surface area contributed by atoms with Gasteiger partial charge in [0.05, 0.1) is 0 Å². The molecule has 0 aliphatic heterocycles. The lowest BCUT2D eigenvalue weighted by Crippen LogP contribution is -2.33. The number of carbonyl (C=O) groups excluding carboxylic acids is 1. The van der Waals surface area contributed by atoms with Crippen molar-refractivity contribution >= 4 is 35.1 Å². The number of carbonyl (C=O) groups is 2. The highest BCUT2D eigenvalue weighted by Gasteiger charge is 2.45. The van der Waals surface area contributed by atoms with Gasteiger partial charge in [-0.1, -0.05) is 72.8 Å². The van der Waals surface area contributed by atoms with Crippen molar-refractivity contribution in [3.8, 4) is 0 Å². The van der Waals surface area contributed by atoms with Crippen LogP contribution in [-0.2, 0) is 4.79 Å². The Morgan fingerprint density at radius 2 is 0.970 bits per heavy atom. The lowest BCUT2D eigenvalue weighted by Gasteiger charge is -2.24. The minimum absolute atomic E-state index is 0.145. The summed E-state index contributed by atoms with van der Waals surface area (Å²) in [4.78, 5) is 25.2. The number of amides is 1. The van der Waals surface area contributed by atoms with Gasteiger partial charge in [-0.2, -0.15) is 0 Å². The van der Waals surface area contributed by atoms with Crippen LogP contribution in [-0.4, -0.2) is 17.0 Å². The number of hydrogen-bond donors (Lipinski definition) is 2. The van der Waals surface area contributed by atoms with Gasteiger partial charge in [0.25, 0.3) is 5.91 Å². The smallest absolute Gasteiger partial charge is 0.355 e. The lowest BCUT2D eigenvalue weighted by atomic mass is 10.2. The lowest BCUT2D eigenvalue weighted by molar-refractivity contribution is -0.133. The zero-order chi connectivity index (χ0) is 23.1. The Morgan fingerprint density at radius 1 is 0.606 bits per heavy atom. The average molecular weight is 452 g/mol. The highest BCUT2D eigenvalue weighted by Crippen LogP contribution is 2.57. The van der Waals surface area contributed by atoms with Crippen molar-refractivity contribution in [3.63, 3.8) is 0 Å². The van der Waals surface area contributed by atoms with Crippen LogP contribution in [0.15, 0.2) is 133 Å². The van der Waals surface area contributed by atoms with Crippen molar-refractivity contribution in [2.24, 2.45) is 0 Å². The molecule has 0 aliphatic rings. The van der Waals surface area contributed by atoms with Crippen LogP contribution in [0.2, 0.25) is 0 Å². The topological polar surface area (TPSA) is 66.4 Å². The molecule has 0 aromatic heterocycles. The molecular formula is C28H23NO3P+. The summed E-state index contributed by atoms with van der Waals surface area (Å²) < 4.78 is 0. The van der Waals surface area contributed by atoms with Gasteiger partial charge in [-0.05, 0) is 48.5 Å². The van der Waals surface area contributed by atoms with E-state index in [0.29, 0.717) is 5.56 Å². The van der Waals surface area contributed by atoms with Gasteiger partial charge in [-0.15, -0.1) is 0 Å². The molecule has 0 spiro atoms. The maximum atomic E-state index is 12.9. The summed E-state index contributed by atoms with van der Waals surface area (Å²) in [7, 11) is -2.57. The largest absolute Gasteiger partial charge is 0.476 e. The molecule has 2 N–H and O–H groups in total. The van der Waals surface area contributed by atoms with E-state index in [1.54, 1.807) is 30.1 Å². The fraction of sp³-hybridized carbons (Fsp3) is 0. The Morgan fingerprint density at radius 3 is 1.33 bits per heavy atom. The van der Waals surface area contributed by atoms with Gasteiger partial charge in [0.2, 0.25) is 0 Å². The third kappa shape index (κ3) is 4.77. The molecule has 0 fully saturated rings. The van der Waals surface area contributed by atoms with Gasteiger partial charge in [0.1, 0.15) is 29.0 Å². The minimum Gasteiger partial charge on any atom is -0.476 e. The van der Waals surface area contributed by atoms with Gasteiger partial charge < -0.3 is 10.4 Å². The van der Waals surface area contributed by atoms with Crippen LogP contribution in [0.1, 0.15) is 10.4 Å². The quantitative estimate of drug-likeness (QED) is 0.324. The van der Waals surface area contributed by atoms with Crippen molar-refractivity contribution in [3.05, 3.63) is 138 Å². The van der Waals surface area contributed by atoms with Gasteiger partial charge in [-0.25, -0.2) is 4.79 Å². The summed E-state index contributed by atoms with van der Waals surface area (Å²) in [5, 5.41) is 15.7. The molecule has 0 saturated heterocycles. The predicted molar refractivity (Wildman–Crippen MR) is 135 cm³/mol. The first-order valence-electron chi connectivity index (χ1n) is 10.5. The van der Waals surface area contributed by atoms with Crippen LogP contribution in [0.25, 0.3) is 0 Å². The van der Waals surface area contributed by atoms with Gasteiger partial charge in [0.15, 0.2) is 5.70 Å². The number of rotatable bonds is 7. The number of carboxylic acid groups (broad SMARTS) is 1. The molecule has 0 aliphatic carbocycles. The Hall–Kier alpha value is -4.01. The first-order chi connectivity index (χ1) is 16.1. The van der Waals surface area contributed by atoms with E-state index in [2.05, 4.69) is 5.32 Å². The molecule has 0 heterocycles. The maximum Gasteiger partial charge on any atom is 0.355 e. The Balaban J connectivity index is 1.96. The van der Waals surface area contributed by atoms with Crippen LogP contribution in [0.3, 0.4) is 0 Å². The van der Waals surface area contributed by atoms with Crippen LogP contribution in [0.4, 0.5) is 0 Å². The van der Waals surface area contributed by atoms with Crippen molar-refractivity contribution in [1.82, 2.24) is 5.32 Å². The molecule has 0 atom stereocenters. The fourth-order valence-corrected chi connectivity index (χ4v) is 7.61. The molecular weight excluding hydrogens is 429 g/mol.